The SMILES string of the molecule is COc1cccc(NC(=S)N/N=C(/C)c2cccc(OC)c2)c1. The number of ether oxygens (including phenoxy) is 2. The molecule has 0 spiro atoms. The highest BCUT2D eigenvalue weighted by molar-refractivity contribution is 7.80. The number of benzene rings is 2. The third kappa shape index (κ3) is 4.96. The van der Waals surface area contributed by atoms with Gasteiger partial charge in [0, 0.05) is 17.3 Å². The number of nitrogens with one attached hydrogen (secondary N) is 2. The van der Waals surface area contributed by atoms with Gasteiger partial charge in [-0.05, 0) is 43.4 Å². The van der Waals surface area contributed by atoms with Crippen molar-refractivity contribution in [2.45, 2.75) is 6.92 Å². The molecule has 0 aliphatic carbocycles. The van der Waals surface area contributed by atoms with Crippen LogP contribution in [0.1, 0.15) is 12.5 Å². The van der Waals surface area contributed by atoms with Crippen LogP contribution < -0.4 is 20.2 Å². The predicted molar refractivity (Wildman–Crippen MR) is 97.6 cm³/mol. The summed E-state index contributed by atoms with van der Waals surface area (Å²) in [5.74, 6) is 1.54. The molecule has 0 fully saturated rings. The van der Waals surface area contributed by atoms with Crippen molar-refractivity contribution in [2.75, 3.05) is 19.5 Å². The summed E-state index contributed by atoms with van der Waals surface area (Å²) in [5, 5.41) is 7.74. The second-order valence-corrected chi connectivity index (χ2v) is 5.14. The lowest BCUT2D eigenvalue weighted by molar-refractivity contribution is 0.414. The van der Waals surface area contributed by atoms with Crippen LogP contribution in [-0.2, 0) is 0 Å². The van der Waals surface area contributed by atoms with Crippen LogP contribution in [0, 0.1) is 0 Å². The van der Waals surface area contributed by atoms with Gasteiger partial charge >= 0.3 is 0 Å². The number of hydrogen-bond donors (Lipinski definition) is 2. The number of methoxy groups -OCH3 is 2. The van der Waals surface area contributed by atoms with E-state index in [0.717, 1.165) is 28.5 Å². The minimum atomic E-state index is 0.403. The Morgan fingerprint density at radius 1 is 1.00 bits per heavy atom. The maximum Gasteiger partial charge on any atom is 0.191 e. The van der Waals surface area contributed by atoms with Crippen molar-refractivity contribution in [1.29, 1.82) is 0 Å². The topological polar surface area (TPSA) is 54.9 Å². The maximum atomic E-state index is 5.24. The van der Waals surface area contributed by atoms with Gasteiger partial charge in [0.1, 0.15) is 11.5 Å². The molecule has 23 heavy (non-hydrogen) atoms. The second-order valence-electron chi connectivity index (χ2n) is 4.73. The molecule has 0 atom stereocenters. The fourth-order valence-electron chi connectivity index (χ4n) is 1.91. The number of nitrogens with zero attached hydrogens (tertiary/aromatic N) is 1. The van der Waals surface area contributed by atoms with Crippen molar-refractivity contribution in [3.05, 3.63) is 54.1 Å². The number of rotatable bonds is 5. The molecular weight excluding hydrogens is 310 g/mol. The molecule has 5 nitrogen and oxygen atoms in total. The van der Waals surface area contributed by atoms with Crippen LogP contribution >= 0.6 is 12.2 Å². The van der Waals surface area contributed by atoms with E-state index in [9.17, 15) is 0 Å². The lowest BCUT2D eigenvalue weighted by Crippen LogP contribution is -2.24. The molecule has 6 heteroatoms. The Bertz CT molecular complexity index is 716. The van der Waals surface area contributed by atoms with Gasteiger partial charge in [0.05, 0.1) is 19.9 Å². The Kier molecular flexibility index (Phi) is 5.94. The molecule has 0 bridgehead atoms. The van der Waals surface area contributed by atoms with Gasteiger partial charge in [-0.1, -0.05) is 18.2 Å². The first kappa shape index (κ1) is 16.8. The molecule has 0 aliphatic heterocycles. The van der Waals surface area contributed by atoms with Crippen molar-refractivity contribution in [2.24, 2.45) is 5.10 Å². The van der Waals surface area contributed by atoms with E-state index in [2.05, 4.69) is 15.8 Å². The summed E-state index contributed by atoms with van der Waals surface area (Å²) in [6, 6.07) is 15.2. The Morgan fingerprint density at radius 2 is 1.65 bits per heavy atom. The molecule has 2 aromatic carbocycles. The van der Waals surface area contributed by atoms with E-state index in [4.69, 9.17) is 21.7 Å². The van der Waals surface area contributed by atoms with Crippen LogP contribution in [0.2, 0.25) is 0 Å². The van der Waals surface area contributed by atoms with Crippen molar-refractivity contribution in [1.82, 2.24) is 5.43 Å². The van der Waals surface area contributed by atoms with Gasteiger partial charge in [-0.2, -0.15) is 5.10 Å². The molecule has 0 saturated heterocycles. The highest BCUT2D eigenvalue weighted by Crippen LogP contribution is 2.16. The number of thiocarbonyl (C=S) groups is 1. The van der Waals surface area contributed by atoms with Gasteiger partial charge in [-0.25, -0.2) is 0 Å². The zero-order chi connectivity index (χ0) is 16.7. The third-order valence-corrected chi connectivity index (χ3v) is 3.33. The second kappa shape index (κ2) is 8.14. The molecule has 0 aliphatic rings. The monoisotopic (exact) mass is 329 g/mol. The van der Waals surface area contributed by atoms with Gasteiger partial charge in [-0.3, -0.25) is 5.43 Å². The summed E-state index contributed by atoms with van der Waals surface area (Å²) >= 11 is 5.24. The molecule has 0 unspecified atom stereocenters. The smallest absolute Gasteiger partial charge is 0.191 e. The fourth-order valence-corrected chi connectivity index (χ4v) is 2.07. The summed E-state index contributed by atoms with van der Waals surface area (Å²) in [6.45, 7) is 1.90. The van der Waals surface area contributed by atoms with Crippen LogP contribution in [0.4, 0.5) is 5.69 Å². The first-order valence-corrected chi connectivity index (χ1v) is 7.43. The Morgan fingerprint density at radius 3 is 2.35 bits per heavy atom. The first-order chi connectivity index (χ1) is 11.1. The van der Waals surface area contributed by atoms with Gasteiger partial charge in [0.15, 0.2) is 5.11 Å². The summed E-state index contributed by atoms with van der Waals surface area (Å²) in [4.78, 5) is 0. The van der Waals surface area contributed by atoms with Gasteiger partial charge in [0.2, 0.25) is 0 Å². The molecule has 0 amide bonds. The average Bonchev–Trinajstić information content (AvgIpc) is 2.59. The lowest BCUT2D eigenvalue weighted by atomic mass is 10.1. The Balaban J connectivity index is 1.99. The highest BCUT2D eigenvalue weighted by Gasteiger charge is 2.01. The highest BCUT2D eigenvalue weighted by atomic mass is 32.1. The zero-order valence-corrected chi connectivity index (χ0v) is 14.1. The average molecular weight is 329 g/mol. The molecule has 0 saturated carbocycles. The standard InChI is InChI=1S/C17H19N3O2S/c1-12(13-6-4-8-15(10-13)21-2)19-20-17(23)18-14-7-5-9-16(11-14)22-3/h4-11H,1-3H3,(H2,18,20,23)/b19-12-. The molecule has 120 valence electrons. The van der Waals surface area contributed by atoms with E-state index in [0.29, 0.717) is 5.11 Å². The minimum Gasteiger partial charge on any atom is -0.497 e. The van der Waals surface area contributed by atoms with Crippen LogP contribution in [0.3, 0.4) is 0 Å². The predicted octanol–water partition coefficient (Wildman–Crippen LogP) is 3.41. The molecular formula is C17H19N3O2S. The molecule has 2 N–H and O–H groups in total. The summed E-state index contributed by atoms with van der Waals surface area (Å²) in [7, 11) is 3.26. The van der Waals surface area contributed by atoms with E-state index in [1.165, 1.54) is 0 Å². The van der Waals surface area contributed by atoms with Gasteiger partial charge in [-0.15, -0.1) is 0 Å². The van der Waals surface area contributed by atoms with E-state index >= 15 is 0 Å². The number of anilines is 1. The molecule has 2 aromatic rings. The normalized spacial score (nSPS) is 10.8. The van der Waals surface area contributed by atoms with Gasteiger partial charge < -0.3 is 14.8 Å². The summed E-state index contributed by atoms with van der Waals surface area (Å²) in [5.41, 5.74) is 5.42. The quantitative estimate of drug-likeness (QED) is 0.500. The minimum absolute atomic E-state index is 0.403. The third-order valence-electron chi connectivity index (χ3n) is 3.14. The summed E-state index contributed by atoms with van der Waals surface area (Å²) < 4.78 is 10.4. The van der Waals surface area contributed by atoms with E-state index in [1.807, 2.05) is 55.5 Å². The largest absolute Gasteiger partial charge is 0.497 e. The van der Waals surface area contributed by atoms with Gasteiger partial charge in [0.25, 0.3) is 0 Å². The van der Waals surface area contributed by atoms with E-state index < -0.39 is 0 Å². The van der Waals surface area contributed by atoms with E-state index in [-0.39, 0.29) is 0 Å². The lowest BCUT2D eigenvalue weighted by Gasteiger charge is -2.09. The zero-order valence-electron chi connectivity index (χ0n) is 13.3. The maximum absolute atomic E-state index is 5.24. The first-order valence-electron chi connectivity index (χ1n) is 7.02. The molecule has 0 heterocycles. The van der Waals surface area contributed by atoms with Crippen molar-refractivity contribution < 1.29 is 9.47 Å². The van der Waals surface area contributed by atoms with Crippen LogP contribution in [0.15, 0.2) is 53.6 Å². The molecule has 0 radical (unpaired) electrons. The van der Waals surface area contributed by atoms with Crippen LogP contribution in [0.5, 0.6) is 11.5 Å². The Hall–Kier alpha value is -2.60. The van der Waals surface area contributed by atoms with E-state index in [1.54, 1.807) is 14.2 Å². The number of hydrogen-bond acceptors (Lipinski definition) is 4. The fraction of sp³-hybridized carbons (Fsp3) is 0.176. The molecule has 0 aromatic heterocycles. The van der Waals surface area contributed by atoms with Crippen molar-refractivity contribution in [3.8, 4) is 11.5 Å². The van der Waals surface area contributed by atoms with Crippen molar-refractivity contribution >= 4 is 28.7 Å². The Labute approximate surface area is 141 Å². The molecule has 2 rings (SSSR count). The summed E-state index contributed by atoms with van der Waals surface area (Å²) in [6.07, 6.45) is 0. The van der Waals surface area contributed by atoms with Crippen LogP contribution in [0.25, 0.3) is 0 Å². The van der Waals surface area contributed by atoms with Crippen LogP contribution in [-0.4, -0.2) is 25.0 Å². The van der Waals surface area contributed by atoms with Crippen molar-refractivity contribution in [3.63, 3.8) is 0 Å². The number of hydrazone groups is 1.